The van der Waals surface area contributed by atoms with Gasteiger partial charge in [0.15, 0.2) is 11.5 Å². The Morgan fingerprint density at radius 1 is 1.03 bits per heavy atom. The summed E-state index contributed by atoms with van der Waals surface area (Å²) in [4.78, 5) is 4.51. The molecule has 0 unspecified atom stereocenters. The van der Waals surface area contributed by atoms with E-state index in [1.165, 1.54) is 12.1 Å². The highest BCUT2D eigenvalue weighted by atomic mass is 127. The molecule has 0 N–H and O–H groups in total. The van der Waals surface area contributed by atoms with Gasteiger partial charge in [0.2, 0.25) is 0 Å². The summed E-state index contributed by atoms with van der Waals surface area (Å²) >= 11 is 2.21. The normalized spacial score (nSPS) is 10.9. The summed E-state index contributed by atoms with van der Waals surface area (Å²) in [5.74, 6) is 1.78. The third-order valence-corrected chi connectivity index (χ3v) is 4.84. The van der Waals surface area contributed by atoms with Crippen LogP contribution in [0.15, 0.2) is 65.7 Å². The number of hydrogen-bond donors (Lipinski definition) is 0. The molecule has 3 rings (SSSR count). The van der Waals surface area contributed by atoms with E-state index in [0.29, 0.717) is 18.1 Å². The number of halogens is 2. The first-order chi connectivity index (χ1) is 14.1. The van der Waals surface area contributed by atoms with Crippen molar-refractivity contribution in [2.45, 2.75) is 13.5 Å². The molecule has 0 saturated heterocycles. The fraction of sp³-hybridized carbons (Fsp3) is 0.174. The molecular formula is C23H21FINO3. The third-order valence-electron chi connectivity index (χ3n) is 4.04. The van der Waals surface area contributed by atoms with E-state index in [1.807, 2.05) is 49.4 Å². The second-order valence-electron chi connectivity index (χ2n) is 6.14. The monoisotopic (exact) mass is 505 g/mol. The summed E-state index contributed by atoms with van der Waals surface area (Å²) in [7, 11) is 1.63. The van der Waals surface area contributed by atoms with Crippen molar-refractivity contribution in [1.82, 2.24) is 0 Å². The molecule has 0 aromatic heterocycles. The molecule has 0 radical (unpaired) electrons. The molecule has 0 spiro atoms. The van der Waals surface area contributed by atoms with Crippen LogP contribution in [-0.2, 0) is 6.61 Å². The van der Waals surface area contributed by atoms with E-state index in [4.69, 9.17) is 14.2 Å². The predicted octanol–water partition coefficient (Wildman–Crippen LogP) is 6.17. The van der Waals surface area contributed by atoms with Crippen LogP contribution >= 0.6 is 22.6 Å². The Morgan fingerprint density at radius 3 is 2.52 bits per heavy atom. The van der Waals surface area contributed by atoms with Gasteiger partial charge in [0.25, 0.3) is 0 Å². The van der Waals surface area contributed by atoms with Crippen molar-refractivity contribution in [2.24, 2.45) is 4.99 Å². The zero-order valence-corrected chi connectivity index (χ0v) is 18.4. The number of aliphatic imine (C=N–C) groups is 1. The van der Waals surface area contributed by atoms with Gasteiger partial charge in [-0.1, -0.05) is 12.1 Å². The average molecular weight is 505 g/mol. The van der Waals surface area contributed by atoms with Crippen LogP contribution < -0.4 is 14.2 Å². The molecule has 0 aliphatic heterocycles. The van der Waals surface area contributed by atoms with Gasteiger partial charge in [-0.05, 0) is 89.2 Å². The van der Waals surface area contributed by atoms with Crippen molar-refractivity contribution >= 4 is 34.5 Å². The largest absolute Gasteiger partial charge is 0.497 e. The molecular weight excluding hydrogens is 484 g/mol. The van der Waals surface area contributed by atoms with Crippen molar-refractivity contribution in [1.29, 1.82) is 0 Å². The number of hydrogen-bond acceptors (Lipinski definition) is 4. The summed E-state index contributed by atoms with van der Waals surface area (Å²) < 4.78 is 31.2. The Morgan fingerprint density at radius 2 is 1.83 bits per heavy atom. The number of benzene rings is 3. The van der Waals surface area contributed by atoms with E-state index >= 15 is 0 Å². The molecule has 0 heterocycles. The topological polar surface area (TPSA) is 40.0 Å². The van der Waals surface area contributed by atoms with E-state index in [2.05, 4.69) is 27.6 Å². The number of ether oxygens (including phenoxy) is 3. The van der Waals surface area contributed by atoms with Crippen LogP contribution in [0.3, 0.4) is 0 Å². The van der Waals surface area contributed by atoms with Crippen LogP contribution in [0.5, 0.6) is 17.2 Å². The first-order valence-electron chi connectivity index (χ1n) is 9.10. The second kappa shape index (κ2) is 10.2. The minimum Gasteiger partial charge on any atom is -0.497 e. The van der Waals surface area contributed by atoms with Crippen molar-refractivity contribution in [3.8, 4) is 17.2 Å². The Hall–Kier alpha value is -2.61. The summed E-state index contributed by atoms with van der Waals surface area (Å²) in [5.41, 5.74) is 2.48. The molecule has 6 heteroatoms. The quantitative estimate of drug-likeness (QED) is 0.272. The van der Waals surface area contributed by atoms with Crippen molar-refractivity contribution < 1.29 is 18.6 Å². The smallest absolute Gasteiger partial charge is 0.175 e. The zero-order chi connectivity index (χ0) is 20.6. The highest BCUT2D eigenvalue weighted by Crippen LogP contribution is 2.34. The van der Waals surface area contributed by atoms with Crippen LogP contribution in [0.1, 0.15) is 18.1 Å². The van der Waals surface area contributed by atoms with Gasteiger partial charge in [-0.2, -0.15) is 0 Å². The van der Waals surface area contributed by atoms with Gasteiger partial charge >= 0.3 is 0 Å². The second-order valence-corrected chi connectivity index (χ2v) is 7.30. The van der Waals surface area contributed by atoms with Gasteiger partial charge in [0.05, 0.1) is 23.0 Å². The summed E-state index contributed by atoms with van der Waals surface area (Å²) in [6.07, 6.45) is 1.78. The first kappa shape index (κ1) is 21.1. The van der Waals surface area contributed by atoms with Crippen LogP contribution in [0, 0.1) is 9.39 Å². The highest BCUT2D eigenvalue weighted by Gasteiger charge is 2.12. The molecule has 150 valence electrons. The van der Waals surface area contributed by atoms with Crippen molar-refractivity contribution in [3.05, 3.63) is 81.2 Å². The van der Waals surface area contributed by atoms with Gasteiger partial charge in [-0.15, -0.1) is 0 Å². The Bertz CT molecular complexity index is 990. The fourth-order valence-electron chi connectivity index (χ4n) is 2.67. The first-order valence-corrected chi connectivity index (χ1v) is 10.2. The van der Waals surface area contributed by atoms with Gasteiger partial charge in [0.1, 0.15) is 18.2 Å². The number of nitrogens with zero attached hydrogens (tertiary/aromatic N) is 1. The van der Waals surface area contributed by atoms with Gasteiger partial charge < -0.3 is 14.2 Å². The Kier molecular flexibility index (Phi) is 7.46. The molecule has 29 heavy (non-hydrogen) atoms. The summed E-state index contributed by atoms with van der Waals surface area (Å²) in [6, 6.07) is 17.7. The van der Waals surface area contributed by atoms with Gasteiger partial charge in [-0.25, -0.2) is 4.39 Å². The molecule has 0 amide bonds. The van der Waals surface area contributed by atoms with Gasteiger partial charge in [0, 0.05) is 6.21 Å². The van der Waals surface area contributed by atoms with Crippen LogP contribution in [0.2, 0.25) is 0 Å². The maximum absolute atomic E-state index is 13.4. The van der Waals surface area contributed by atoms with Crippen molar-refractivity contribution in [2.75, 3.05) is 13.7 Å². The van der Waals surface area contributed by atoms with Crippen LogP contribution in [0.25, 0.3) is 0 Å². The number of rotatable bonds is 8. The Labute approximate surface area is 183 Å². The maximum atomic E-state index is 13.4. The van der Waals surface area contributed by atoms with E-state index in [9.17, 15) is 4.39 Å². The SMILES string of the molecule is CCOc1cc(C=Nc2ccc(OC)cc2)cc(I)c1OCc1cccc(F)c1. The molecule has 0 saturated carbocycles. The Balaban J connectivity index is 1.80. The molecule has 0 bridgehead atoms. The lowest BCUT2D eigenvalue weighted by Crippen LogP contribution is -2.02. The van der Waals surface area contributed by atoms with Crippen LogP contribution in [0.4, 0.5) is 10.1 Å². The summed E-state index contributed by atoms with van der Waals surface area (Å²) in [6.45, 7) is 2.68. The standard InChI is InChI=1S/C23H21FINO3/c1-3-28-22-13-17(14-26-19-7-9-20(27-2)10-8-19)12-21(25)23(22)29-15-16-5-4-6-18(24)11-16/h4-14H,3,15H2,1-2H3. The molecule has 3 aromatic rings. The fourth-order valence-corrected chi connectivity index (χ4v) is 3.45. The van der Waals surface area contributed by atoms with Crippen LogP contribution in [-0.4, -0.2) is 19.9 Å². The third kappa shape index (κ3) is 5.93. The molecule has 0 aliphatic carbocycles. The maximum Gasteiger partial charge on any atom is 0.175 e. The van der Waals surface area contributed by atoms with E-state index in [-0.39, 0.29) is 12.4 Å². The lowest BCUT2D eigenvalue weighted by molar-refractivity contribution is 0.267. The van der Waals surface area contributed by atoms with E-state index in [1.54, 1.807) is 19.4 Å². The minimum absolute atomic E-state index is 0.257. The zero-order valence-electron chi connectivity index (χ0n) is 16.2. The predicted molar refractivity (Wildman–Crippen MR) is 121 cm³/mol. The lowest BCUT2D eigenvalue weighted by atomic mass is 10.2. The number of methoxy groups -OCH3 is 1. The summed E-state index contributed by atoms with van der Waals surface area (Å²) in [5, 5.41) is 0. The van der Waals surface area contributed by atoms with E-state index in [0.717, 1.165) is 26.1 Å². The molecule has 0 aliphatic rings. The molecule has 4 nitrogen and oxygen atoms in total. The van der Waals surface area contributed by atoms with Gasteiger partial charge in [-0.3, -0.25) is 4.99 Å². The molecule has 0 atom stereocenters. The molecule has 0 fully saturated rings. The minimum atomic E-state index is -0.282. The molecule has 3 aromatic carbocycles. The highest BCUT2D eigenvalue weighted by molar-refractivity contribution is 14.1. The average Bonchev–Trinajstić information content (AvgIpc) is 2.72. The van der Waals surface area contributed by atoms with Crippen molar-refractivity contribution in [3.63, 3.8) is 0 Å². The lowest BCUT2D eigenvalue weighted by Gasteiger charge is -2.15. The van der Waals surface area contributed by atoms with E-state index < -0.39 is 0 Å².